The Labute approximate surface area is 256 Å². The Kier molecular flexibility index (Phi) is 10.5. The summed E-state index contributed by atoms with van der Waals surface area (Å²) in [4.78, 5) is 23.1. The molecule has 6 N–H and O–H groups in total. The summed E-state index contributed by atoms with van der Waals surface area (Å²) in [7, 11) is -8.48. The molecule has 3 aromatic carbocycles. The Bertz CT molecular complexity index is 1760. The van der Waals surface area contributed by atoms with E-state index in [-0.39, 0.29) is 23.6 Å². The van der Waals surface area contributed by atoms with E-state index in [1.807, 2.05) is 69.3 Å². The maximum absolute atomic E-state index is 13.4. The van der Waals surface area contributed by atoms with Crippen molar-refractivity contribution in [2.45, 2.75) is 50.6 Å². The Balaban J connectivity index is 0.000000801. The number of halogens is 1. The van der Waals surface area contributed by atoms with Crippen LogP contribution in [-0.4, -0.2) is 50.6 Å². The Morgan fingerprint density at radius 3 is 2.00 bits per heavy atom. The maximum atomic E-state index is 13.4. The normalized spacial score (nSPS) is 15.3. The molecule has 1 heterocycles. The first-order valence-electron chi connectivity index (χ1n) is 13.4. The smallest absolute Gasteiger partial charge is 0.332 e. The number of guanidine groups is 2. The van der Waals surface area contributed by atoms with Crippen LogP contribution >= 0.6 is 0 Å². The minimum Gasteiger partial charge on any atom is -0.369 e. The molecule has 0 saturated carbocycles. The molecule has 0 spiro atoms. The van der Waals surface area contributed by atoms with Gasteiger partial charge in [-0.25, -0.2) is 4.99 Å². The molecular weight excluding hydrogens is 611 g/mol. The number of carbonyl (C=O) groups excluding carboxylic acids is 1. The van der Waals surface area contributed by atoms with E-state index in [9.17, 15) is 25.5 Å². The molecule has 0 aromatic heterocycles. The summed E-state index contributed by atoms with van der Waals surface area (Å²) in [6.07, 6.45) is 0.393. The molecule has 0 bridgehead atoms. The van der Waals surface area contributed by atoms with Gasteiger partial charge in [0.1, 0.15) is 5.66 Å². The van der Waals surface area contributed by atoms with Crippen LogP contribution in [0.1, 0.15) is 43.4 Å². The van der Waals surface area contributed by atoms with Crippen molar-refractivity contribution in [3.8, 4) is 0 Å². The van der Waals surface area contributed by atoms with Crippen LogP contribution in [0.2, 0.25) is 0 Å². The zero-order chi connectivity index (χ0) is 32.9. The standard InChI is InChI=1S/C27H29FN6O3S.C2H6O3S/c1-17-4-8-19(9-5-17)23(24(35)31-20-10-14-22(15-11-20)38(28,36)37)16-18-6-12-21(13-7-18)34-26(30)32-25(29)33-27(34,2)3;1-2-6(3,4)5/h4-15,23H,16H2,1-3H3,(H,31,35)(H4,29,30,32,33);2H2,1H3,(H,3,4,5). The highest BCUT2D eigenvalue weighted by atomic mass is 32.3. The van der Waals surface area contributed by atoms with Gasteiger partial charge in [0, 0.05) is 11.4 Å². The highest BCUT2D eigenvalue weighted by Gasteiger charge is 2.33. The topological polar surface area (TPSA) is 198 Å². The number of rotatable bonds is 8. The van der Waals surface area contributed by atoms with Gasteiger partial charge in [0.15, 0.2) is 0 Å². The van der Waals surface area contributed by atoms with E-state index in [0.29, 0.717) is 12.1 Å². The second kappa shape index (κ2) is 13.5. The van der Waals surface area contributed by atoms with Crippen LogP contribution in [0.15, 0.2) is 87.7 Å². The van der Waals surface area contributed by atoms with Crippen molar-refractivity contribution < 1.29 is 30.1 Å². The van der Waals surface area contributed by atoms with E-state index in [4.69, 9.17) is 16.0 Å². The molecular formula is C29H35FN6O6S2. The van der Waals surface area contributed by atoms with Gasteiger partial charge in [0.25, 0.3) is 10.1 Å². The van der Waals surface area contributed by atoms with Gasteiger partial charge in [-0.1, -0.05) is 42.0 Å². The third kappa shape index (κ3) is 9.33. The number of amides is 1. The quantitative estimate of drug-likeness (QED) is 0.208. The van der Waals surface area contributed by atoms with Gasteiger partial charge in [-0.2, -0.15) is 21.8 Å². The third-order valence-electron chi connectivity index (χ3n) is 6.59. The van der Waals surface area contributed by atoms with Crippen molar-refractivity contribution in [1.29, 1.82) is 0 Å². The molecule has 0 aliphatic carbocycles. The lowest BCUT2D eigenvalue weighted by atomic mass is 9.90. The largest absolute Gasteiger partial charge is 0.369 e. The van der Waals surface area contributed by atoms with Gasteiger partial charge in [-0.3, -0.25) is 14.2 Å². The first-order valence-corrected chi connectivity index (χ1v) is 16.3. The van der Waals surface area contributed by atoms with Gasteiger partial charge in [0.05, 0.1) is 16.6 Å². The average Bonchev–Trinajstić information content (AvgIpc) is 2.92. The van der Waals surface area contributed by atoms with Crippen LogP contribution in [0.4, 0.5) is 15.3 Å². The van der Waals surface area contributed by atoms with Crippen molar-refractivity contribution in [2.24, 2.45) is 21.5 Å². The van der Waals surface area contributed by atoms with Crippen molar-refractivity contribution in [1.82, 2.24) is 0 Å². The van der Waals surface area contributed by atoms with E-state index in [0.717, 1.165) is 34.5 Å². The second-order valence-corrected chi connectivity index (χ2v) is 13.5. The lowest BCUT2D eigenvalue weighted by molar-refractivity contribution is -0.117. The predicted octanol–water partition coefficient (Wildman–Crippen LogP) is 3.70. The summed E-state index contributed by atoms with van der Waals surface area (Å²) in [5.74, 6) is -0.680. The predicted molar refractivity (Wildman–Crippen MR) is 169 cm³/mol. The lowest BCUT2D eigenvalue weighted by Crippen LogP contribution is -2.54. The number of nitrogens with two attached hydrogens (primary N) is 2. The molecule has 236 valence electrons. The molecule has 1 amide bonds. The van der Waals surface area contributed by atoms with Gasteiger partial charge in [-0.05, 0) is 81.6 Å². The van der Waals surface area contributed by atoms with Crippen molar-refractivity contribution in [3.63, 3.8) is 0 Å². The first kappa shape index (κ1) is 34.2. The SMILES string of the molecule is CCS(=O)(=O)O.Cc1ccc(C(Cc2ccc(N3C(N)=NC(N)=NC3(C)C)cc2)C(=O)Nc2ccc(S(=O)(=O)F)cc2)cc1. The maximum Gasteiger partial charge on any atom is 0.332 e. The second-order valence-electron chi connectivity index (χ2n) is 10.4. The Hall–Kier alpha value is -4.34. The lowest BCUT2D eigenvalue weighted by Gasteiger charge is -2.38. The third-order valence-corrected chi connectivity index (χ3v) is 8.16. The number of hydrogen-bond acceptors (Lipinski definition) is 10. The van der Waals surface area contributed by atoms with E-state index in [1.165, 1.54) is 19.1 Å². The minimum atomic E-state index is -4.82. The van der Waals surface area contributed by atoms with Crippen LogP contribution in [-0.2, 0) is 31.6 Å². The number of anilines is 2. The number of carbonyl (C=O) groups is 1. The van der Waals surface area contributed by atoms with Crippen LogP contribution in [0.25, 0.3) is 0 Å². The van der Waals surface area contributed by atoms with Crippen molar-refractivity contribution >= 4 is 49.5 Å². The monoisotopic (exact) mass is 646 g/mol. The number of aryl methyl sites for hydroxylation is 1. The molecule has 0 saturated heterocycles. The molecule has 15 heteroatoms. The number of nitrogens with zero attached hydrogens (tertiary/aromatic N) is 3. The van der Waals surface area contributed by atoms with Crippen molar-refractivity contribution in [3.05, 3.63) is 89.5 Å². The van der Waals surface area contributed by atoms with E-state index >= 15 is 0 Å². The fourth-order valence-corrected chi connectivity index (χ4v) is 4.82. The molecule has 1 aliphatic rings. The molecule has 44 heavy (non-hydrogen) atoms. The zero-order valence-electron chi connectivity index (χ0n) is 24.6. The Morgan fingerprint density at radius 2 is 1.52 bits per heavy atom. The van der Waals surface area contributed by atoms with Gasteiger partial charge >= 0.3 is 10.2 Å². The molecule has 1 atom stereocenters. The fraction of sp³-hybridized carbons (Fsp3) is 0.276. The van der Waals surface area contributed by atoms with Crippen LogP contribution in [0.3, 0.4) is 0 Å². The number of nitrogens with one attached hydrogen (secondary N) is 1. The van der Waals surface area contributed by atoms with Crippen molar-refractivity contribution in [2.75, 3.05) is 16.0 Å². The average molecular weight is 647 g/mol. The zero-order valence-corrected chi connectivity index (χ0v) is 26.2. The van der Waals surface area contributed by atoms with Gasteiger partial charge in [-0.15, -0.1) is 3.89 Å². The van der Waals surface area contributed by atoms with Crippen LogP contribution in [0, 0.1) is 6.92 Å². The molecule has 3 aromatic rings. The Morgan fingerprint density at radius 1 is 0.977 bits per heavy atom. The van der Waals surface area contributed by atoms with Crippen LogP contribution < -0.4 is 21.7 Å². The highest BCUT2D eigenvalue weighted by molar-refractivity contribution is 7.86. The number of aliphatic imine (C=N–C) groups is 2. The molecule has 1 aliphatic heterocycles. The summed E-state index contributed by atoms with van der Waals surface area (Å²) in [5.41, 5.74) is 15.1. The minimum absolute atomic E-state index is 0.119. The molecule has 4 rings (SSSR count). The molecule has 0 radical (unpaired) electrons. The highest BCUT2D eigenvalue weighted by Crippen LogP contribution is 2.30. The number of hydrogen-bond donors (Lipinski definition) is 4. The summed E-state index contributed by atoms with van der Waals surface area (Å²) >= 11 is 0. The summed E-state index contributed by atoms with van der Waals surface area (Å²) in [6, 6.07) is 20.2. The van der Waals surface area contributed by atoms with Crippen LogP contribution in [0.5, 0.6) is 0 Å². The fourth-order valence-electron chi connectivity index (χ4n) is 4.36. The summed E-state index contributed by atoms with van der Waals surface area (Å²) in [5, 5.41) is 2.81. The molecule has 1 unspecified atom stereocenters. The molecule has 12 nitrogen and oxygen atoms in total. The molecule has 0 fully saturated rings. The summed E-state index contributed by atoms with van der Waals surface area (Å²) in [6.45, 7) is 7.09. The van der Waals surface area contributed by atoms with E-state index in [2.05, 4.69) is 15.3 Å². The number of benzene rings is 3. The van der Waals surface area contributed by atoms with Gasteiger partial charge in [0.2, 0.25) is 17.8 Å². The van der Waals surface area contributed by atoms with E-state index in [1.54, 1.807) is 4.90 Å². The summed E-state index contributed by atoms with van der Waals surface area (Å²) < 4.78 is 62.3. The van der Waals surface area contributed by atoms with E-state index < -0.39 is 36.8 Å². The van der Waals surface area contributed by atoms with Gasteiger partial charge < -0.3 is 16.8 Å². The first-order chi connectivity index (χ1) is 20.4.